The molecule has 1 unspecified atom stereocenters. The van der Waals surface area contributed by atoms with Gasteiger partial charge in [0.25, 0.3) is 0 Å². The van der Waals surface area contributed by atoms with Crippen LogP contribution in [0.5, 0.6) is 0 Å². The van der Waals surface area contributed by atoms with Crippen LogP contribution in [0.15, 0.2) is 12.2 Å². The van der Waals surface area contributed by atoms with E-state index >= 15 is 0 Å². The van der Waals surface area contributed by atoms with E-state index in [1.807, 2.05) is 6.08 Å². The summed E-state index contributed by atoms with van der Waals surface area (Å²) in [5.41, 5.74) is -0.630. The molecule has 0 aliphatic heterocycles. The van der Waals surface area contributed by atoms with Gasteiger partial charge in [0, 0.05) is 5.75 Å². The van der Waals surface area contributed by atoms with Crippen molar-refractivity contribution in [2.24, 2.45) is 0 Å². The fourth-order valence-corrected chi connectivity index (χ4v) is 0.698. The Bertz CT molecular complexity index is 108. The molecular formula is C8H16OS. The summed E-state index contributed by atoms with van der Waals surface area (Å²) >= 11 is 4.02. The van der Waals surface area contributed by atoms with Gasteiger partial charge < -0.3 is 5.11 Å². The minimum absolute atomic E-state index is 0.515. The van der Waals surface area contributed by atoms with E-state index in [9.17, 15) is 5.11 Å². The number of thiol groups is 1. The van der Waals surface area contributed by atoms with Gasteiger partial charge in [0.1, 0.15) is 0 Å². The lowest BCUT2D eigenvalue weighted by atomic mass is 10.1. The van der Waals surface area contributed by atoms with Crippen LogP contribution in [-0.4, -0.2) is 16.5 Å². The van der Waals surface area contributed by atoms with Crippen LogP contribution in [0.1, 0.15) is 26.7 Å². The third kappa shape index (κ3) is 4.89. The van der Waals surface area contributed by atoms with Gasteiger partial charge in [-0.2, -0.15) is 12.6 Å². The van der Waals surface area contributed by atoms with Crippen molar-refractivity contribution in [1.29, 1.82) is 0 Å². The minimum Gasteiger partial charge on any atom is -0.389 e. The molecule has 0 aromatic carbocycles. The number of allylic oxidation sites excluding steroid dienone is 1. The molecule has 0 heterocycles. The van der Waals surface area contributed by atoms with Gasteiger partial charge in [0.15, 0.2) is 0 Å². The fourth-order valence-electron chi connectivity index (χ4n) is 0.568. The molecule has 0 spiro atoms. The van der Waals surface area contributed by atoms with Crippen molar-refractivity contribution in [3.63, 3.8) is 0 Å². The molecule has 0 aromatic heterocycles. The molecule has 0 aliphatic carbocycles. The van der Waals surface area contributed by atoms with E-state index in [0.717, 1.165) is 6.42 Å². The molecule has 0 saturated carbocycles. The molecule has 0 radical (unpaired) electrons. The molecular weight excluding hydrogens is 144 g/mol. The fraction of sp³-hybridized carbons (Fsp3) is 0.750. The molecule has 0 bridgehead atoms. The second kappa shape index (κ2) is 4.80. The van der Waals surface area contributed by atoms with Gasteiger partial charge >= 0.3 is 0 Å². The molecule has 0 aromatic rings. The van der Waals surface area contributed by atoms with Crippen LogP contribution in [0, 0.1) is 0 Å². The largest absolute Gasteiger partial charge is 0.389 e. The van der Waals surface area contributed by atoms with Crippen molar-refractivity contribution in [2.75, 3.05) is 5.75 Å². The van der Waals surface area contributed by atoms with E-state index < -0.39 is 5.60 Å². The molecule has 1 N–H and O–H groups in total. The minimum atomic E-state index is -0.630. The monoisotopic (exact) mass is 160 g/mol. The van der Waals surface area contributed by atoms with Crippen molar-refractivity contribution >= 4 is 12.6 Å². The van der Waals surface area contributed by atoms with E-state index in [1.54, 1.807) is 6.92 Å². The summed E-state index contributed by atoms with van der Waals surface area (Å²) in [6.45, 7) is 3.87. The van der Waals surface area contributed by atoms with Crippen molar-refractivity contribution in [1.82, 2.24) is 0 Å². The Kier molecular flexibility index (Phi) is 4.83. The first-order valence-corrected chi connectivity index (χ1v) is 4.24. The zero-order valence-electron chi connectivity index (χ0n) is 6.67. The summed E-state index contributed by atoms with van der Waals surface area (Å²) in [6.07, 6.45) is 5.78. The third-order valence-electron chi connectivity index (χ3n) is 1.30. The van der Waals surface area contributed by atoms with E-state index in [4.69, 9.17) is 0 Å². The van der Waals surface area contributed by atoms with Crippen LogP contribution in [-0.2, 0) is 0 Å². The molecule has 10 heavy (non-hydrogen) atoms. The van der Waals surface area contributed by atoms with E-state index in [2.05, 4.69) is 25.6 Å². The maximum atomic E-state index is 9.42. The Morgan fingerprint density at radius 2 is 2.10 bits per heavy atom. The summed E-state index contributed by atoms with van der Waals surface area (Å²) in [5.74, 6) is 0.515. The van der Waals surface area contributed by atoms with Crippen LogP contribution in [0.4, 0.5) is 0 Å². The highest BCUT2D eigenvalue weighted by atomic mass is 32.1. The Hall–Kier alpha value is 0.0500. The number of aliphatic hydroxyl groups is 1. The van der Waals surface area contributed by atoms with E-state index in [0.29, 0.717) is 12.2 Å². The van der Waals surface area contributed by atoms with Gasteiger partial charge in [-0.3, -0.25) is 0 Å². The van der Waals surface area contributed by atoms with Gasteiger partial charge in [-0.15, -0.1) is 0 Å². The number of rotatable bonds is 4. The van der Waals surface area contributed by atoms with Gasteiger partial charge in [-0.1, -0.05) is 19.1 Å². The lowest BCUT2D eigenvalue weighted by Gasteiger charge is -2.17. The Balaban J connectivity index is 3.56. The number of hydrogen-bond donors (Lipinski definition) is 2. The van der Waals surface area contributed by atoms with Crippen LogP contribution in [0.3, 0.4) is 0 Å². The van der Waals surface area contributed by atoms with Crippen molar-refractivity contribution in [3.8, 4) is 0 Å². The summed E-state index contributed by atoms with van der Waals surface area (Å²) in [5, 5.41) is 9.42. The Morgan fingerprint density at radius 3 is 2.50 bits per heavy atom. The zero-order chi connectivity index (χ0) is 8.04. The SMILES string of the molecule is CCC=CCC(C)(O)CS. The predicted octanol–water partition coefficient (Wildman–Crippen LogP) is 2.02. The van der Waals surface area contributed by atoms with E-state index in [-0.39, 0.29) is 0 Å². The first kappa shape index (κ1) is 10.0. The molecule has 2 heteroatoms. The maximum Gasteiger partial charge on any atom is 0.0741 e. The van der Waals surface area contributed by atoms with Gasteiger partial charge in [-0.25, -0.2) is 0 Å². The van der Waals surface area contributed by atoms with Crippen LogP contribution >= 0.6 is 12.6 Å². The standard InChI is InChI=1S/C8H16OS/c1-3-4-5-6-8(2,9)7-10/h4-5,9-10H,3,6-7H2,1-2H3. The molecule has 1 atom stereocenters. The Morgan fingerprint density at radius 1 is 1.50 bits per heavy atom. The average Bonchev–Trinajstić information content (AvgIpc) is 1.89. The molecule has 0 saturated heterocycles. The molecule has 0 aliphatic rings. The Labute approximate surface area is 68.6 Å². The molecule has 60 valence electrons. The van der Waals surface area contributed by atoms with Crippen LogP contribution in [0.2, 0.25) is 0 Å². The first-order valence-electron chi connectivity index (χ1n) is 3.60. The first-order chi connectivity index (χ1) is 4.62. The lowest BCUT2D eigenvalue weighted by Crippen LogP contribution is -2.24. The van der Waals surface area contributed by atoms with Gasteiger partial charge in [0.05, 0.1) is 5.60 Å². The quantitative estimate of drug-likeness (QED) is 0.476. The van der Waals surface area contributed by atoms with Gasteiger partial charge in [0.2, 0.25) is 0 Å². The van der Waals surface area contributed by atoms with Crippen molar-refractivity contribution in [2.45, 2.75) is 32.3 Å². The molecule has 0 rings (SSSR count). The predicted molar refractivity (Wildman–Crippen MR) is 48.5 cm³/mol. The number of hydrogen-bond acceptors (Lipinski definition) is 2. The molecule has 1 nitrogen and oxygen atoms in total. The summed E-state index contributed by atoms with van der Waals surface area (Å²) in [6, 6.07) is 0. The lowest BCUT2D eigenvalue weighted by molar-refractivity contribution is 0.0893. The second-order valence-corrected chi connectivity index (χ2v) is 3.06. The average molecular weight is 160 g/mol. The van der Waals surface area contributed by atoms with Crippen molar-refractivity contribution in [3.05, 3.63) is 12.2 Å². The highest BCUT2D eigenvalue weighted by Gasteiger charge is 2.14. The topological polar surface area (TPSA) is 20.2 Å². The molecule has 0 fully saturated rings. The normalized spacial score (nSPS) is 17.6. The molecule has 0 amide bonds. The van der Waals surface area contributed by atoms with Crippen molar-refractivity contribution < 1.29 is 5.11 Å². The second-order valence-electron chi connectivity index (χ2n) is 2.74. The van der Waals surface area contributed by atoms with Crippen LogP contribution in [0.25, 0.3) is 0 Å². The highest BCUT2D eigenvalue weighted by Crippen LogP contribution is 2.11. The summed E-state index contributed by atoms with van der Waals surface area (Å²) in [7, 11) is 0. The highest BCUT2D eigenvalue weighted by molar-refractivity contribution is 7.80. The van der Waals surface area contributed by atoms with Gasteiger partial charge in [-0.05, 0) is 19.8 Å². The van der Waals surface area contributed by atoms with E-state index in [1.165, 1.54) is 0 Å². The van der Waals surface area contributed by atoms with Crippen LogP contribution < -0.4 is 0 Å². The summed E-state index contributed by atoms with van der Waals surface area (Å²) in [4.78, 5) is 0. The maximum absolute atomic E-state index is 9.42. The zero-order valence-corrected chi connectivity index (χ0v) is 7.56. The summed E-state index contributed by atoms with van der Waals surface area (Å²) < 4.78 is 0. The smallest absolute Gasteiger partial charge is 0.0741 e. The third-order valence-corrected chi connectivity index (χ3v) is 1.98.